The van der Waals surface area contributed by atoms with Crippen LogP contribution in [0.5, 0.6) is 0 Å². The van der Waals surface area contributed by atoms with Gasteiger partial charge in [-0.15, -0.1) is 0 Å². The minimum Gasteiger partial charge on any atom is -0.366 e. The zero-order chi connectivity index (χ0) is 14.0. The average molecular weight is 268 g/mol. The highest BCUT2D eigenvalue weighted by Crippen LogP contribution is 2.51. The van der Waals surface area contributed by atoms with E-state index in [4.69, 9.17) is 0 Å². The van der Waals surface area contributed by atoms with Gasteiger partial charge in [0.2, 0.25) is 11.8 Å². The molecule has 0 saturated carbocycles. The maximum absolute atomic E-state index is 12.2. The normalized spacial score (nSPS) is 31.1. The molecule has 3 aliphatic rings. The van der Waals surface area contributed by atoms with Crippen molar-refractivity contribution in [1.82, 2.24) is 5.32 Å². The highest BCUT2D eigenvalue weighted by Gasteiger charge is 2.53. The van der Waals surface area contributed by atoms with E-state index in [2.05, 4.69) is 29.3 Å². The predicted octanol–water partition coefficient (Wildman–Crippen LogP) is 1.57. The summed E-state index contributed by atoms with van der Waals surface area (Å²) in [5.74, 6) is -0.677. The number of hydrogen-bond donors (Lipinski definition) is 1. The number of carbonyl (C=O) groups excluding carboxylic acids is 2. The Morgan fingerprint density at radius 1 is 1.20 bits per heavy atom. The third-order valence-corrected chi connectivity index (χ3v) is 4.93. The molecule has 0 aromatic heterocycles. The number of anilines is 1. The molecule has 20 heavy (non-hydrogen) atoms. The Bertz CT molecular complexity index is 677. The van der Waals surface area contributed by atoms with Crippen LogP contribution in [0, 0.1) is 11.8 Å². The fourth-order valence-electron chi connectivity index (χ4n) is 4.08. The number of para-hydroxylation sites is 1. The van der Waals surface area contributed by atoms with E-state index in [1.165, 1.54) is 16.7 Å². The summed E-state index contributed by atoms with van der Waals surface area (Å²) < 4.78 is 0. The van der Waals surface area contributed by atoms with Crippen molar-refractivity contribution in [3.05, 3.63) is 35.4 Å². The molecule has 1 fully saturated rings. The van der Waals surface area contributed by atoms with Gasteiger partial charge >= 0.3 is 0 Å². The molecule has 1 saturated heterocycles. The summed E-state index contributed by atoms with van der Waals surface area (Å²) >= 11 is 0. The van der Waals surface area contributed by atoms with Crippen LogP contribution in [0.2, 0.25) is 0 Å². The summed E-state index contributed by atoms with van der Waals surface area (Å²) in [6.07, 6.45) is 0.691. The van der Waals surface area contributed by atoms with Crippen LogP contribution in [-0.4, -0.2) is 24.9 Å². The molecule has 2 amide bonds. The quantitative estimate of drug-likeness (QED) is 0.727. The smallest absolute Gasteiger partial charge is 0.232 e. The summed E-state index contributed by atoms with van der Waals surface area (Å²) in [4.78, 5) is 26.3. The van der Waals surface area contributed by atoms with Crippen LogP contribution in [0.15, 0.2) is 29.8 Å². The maximum Gasteiger partial charge on any atom is 0.232 e. The van der Waals surface area contributed by atoms with Gasteiger partial charge in [-0.1, -0.05) is 23.8 Å². The van der Waals surface area contributed by atoms with Gasteiger partial charge in [0.15, 0.2) is 0 Å². The van der Waals surface area contributed by atoms with E-state index in [-0.39, 0.29) is 29.7 Å². The number of nitrogens with one attached hydrogen (secondary N) is 1. The van der Waals surface area contributed by atoms with Gasteiger partial charge in [0, 0.05) is 18.3 Å². The number of allylic oxidation sites excluding steroid dienone is 1. The second-order valence-corrected chi connectivity index (χ2v) is 5.96. The maximum atomic E-state index is 12.2. The van der Waals surface area contributed by atoms with Gasteiger partial charge in [-0.3, -0.25) is 14.9 Å². The lowest BCUT2D eigenvalue weighted by molar-refractivity contribution is -0.126. The number of fused-ring (bicyclic) bond motifs is 5. The minimum atomic E-state index is -0.251. The summed E-state index contributed by atoms with van der Waals surface area (Å²) in [7, 11) is 2.02. The second kappa shape index (κ2) is 3.72. The molecule has 0 bridgehead atoms. The molecule has 1 aromatic carbocycles. The van der Waals surface area contributed by atoms with Crippen molar-refractivity contribution in [3.63, 3.8) is 0 Å². The molecule has 102 valence electrons. The molecule has 1 N–H and O–H groups in total. The largest absolute Gasteiger partial charge is 0.366 e. The van der Waals surface area contributed by atoms with Gasteiger partial charge in [0.25, 0.3) is 0 Å². The van der Waals surface area contributed by atoms with Gasteiger partial charge in [-0.25, -0.2) is 0 Å². The van der Waals surface area contributed by atoms with Crippen LogP contribution >= 0.6 is 0 Å². The van der Waals surface area contributed by atoms with Crippen molar-refractivity contribution in [2.24, 2.45) is 11.8 Å². The summed E-state index contributed by atoms with van der Waals surface area (Å²) in [5, 5.41) is 2.51. The molecule has 1 aliphatic carbocycles. The van der Waals surface area contributed by atoms with E-state index in [9.17, 15) is 9.59 Å². The molecule has 0 radical (unpaired) electrons. The Morgan fingerprint density at radius 2 is 1.95 bits per heavy atom. The molecule has 2 aliphatic heterocycles. The lowest BCUT2D eigenvalue weighted by Gasteiger charge is -2.34. The van der Waals surface area contributed by atoms with Gasteiger partial charge in [0.05, 0.1) is 17.9 Å². The van der Waals surface area contributed by atoms with Crippen molar-refractivity contribution in [3.8, 4) is 0 Å². The topological polar surface area (TPSA) is 49.4 Å². The number of rotatable bonds is 0. The van der Waals surface area contributed by atoms with Crippen LogP contribution in [0.4, 0.5) is 5.69 Å². The first kappa shape index (κ1) is 11.7. The molecule has 4 heteroatoms. The molecular weight excluding hydrogens is 252 g/mol. The molecule has 3 unspecified atom stereocenters. The number of imide groups is 1. The number of amides is 2. The van der Waals surface area contributed by atoms with Crippen molar-refractivity contribution in [2.45, 2.75) is 19.4 Å². The van der Waals surface area contributed by atoms with Gasteiger partial charge in [-0.2, -0.15) is 0 Å². The van der Waals surface area contributed by atoms with E-state index in [0.717, 1.165) is 5.69 Å². The fraction of sp³-hybridized carbons (Fsp3) is 0.375. The van der Waals surface area contributed by atoms with E-state index in [1.807, 2.05) is 19.2 Å². The number of carbonyl (C=O) groups is 2. The first-order valence-electron chi connectivity index (χ1n) is 6.96. The Hall–Kier alpha value is -2.10. The molecule has 2 heterocycles. The third kappa shape index (κ3) is 1.26. The van der Waals surface area contributed by atoms with Crippen LogP contribution in [-0.2, 0) is 9.59 Å². The predicted molar refractivity (Wildman–Crippen MR) is 76.0 cm³/mol. The first-order chi connectivity index (χ1) is 9.59. The van der Waals surface area contributed by atoms with Crippen molar-refractivity contribution in [2.75, 3.05) is 11.9 Å². The van der Waals surface area contributed by atoms with E-state index in [1.54, 1.807) is 0 Å². The first-order valence-corrected chi connectivity index (χ1v) is 6.96. The molecule has 1 aromatic rings. The Balaban J connectivity index is 1.93. The van der Waals surface area contributed by atoms with Crippen LogP contribution < -0.4 is 10.2 Å². The molecule has 4 nitrogen and oxygen atoms in total. The Kier molecular flexibility index (Phi) is 2.18. The highest BCUT2D eigenvalue weighted by atomic mass is 16.2. The van der Waals surface area contributed by atoms with Crippen LogP contribution in [0.25, 0.3) is 5.57 Å². The minimum absolute atomic E-state index is 0.00222. The van der Waals surface area contributed by atoms with E-state index < -0.39 is 0 Å². The summed E-state index contributed by atoms with van der Waals surface area (Å²) in [6, 6.07) is 8.23. The van der Waals surface area contributed by atoms with Crippen LogP contribution in [0.3, 0.4) is 0 Å². The molecule has 0 spiro atoms. The number of benzene rings is 1. The van der Waals surface area contributed by atoms with Crippen LogP contribution in [0.1, 0.15) is 18.9 Å². The molecule has 4 rings (SSSR count). The van der Waals surface area contributed by atoms with Crippen molar-refractivity contribution >= 4 is 23.1 Å². The van der Waals surface area contributed by atoms with E-state index >= 15 is 0 Å². The fourth-order valence-corrected chi connectivity index (χ4v) is 4.08. The van der Waals surface area contributed by atoms with Gasteiger partial charge < -0.3 is 4.90 Å². The summed E-state index contributed by atoms with van der Waals surface area (Å²) in [5.41, 5.74) is 4.84. The van der Waals surface area contributed by atoms with Crippen molar-refractivity contribution < 1.29 is 9.59 Å². The lowest BCUT2D eigenvalue weighted by atomic mass is 9.73. The second-order valence-electron chi connectivity index (χ2n) is 5.96. The number of hydrogen-bond acceptors (Lipinski definition) is 3. The Morgan fingerprint density at radius 3 is 2.75 bits per heavy atom. The molecule has 3 atom stereocenters. The Labute approximate surface area is 117 Å². The zero-order valence-corrected chi connectivity index (χ0v) is 11.5. The van der Waals surface area contributed by atoms with Crippen molar-refractivity contribution in [1.29, 1.82) is 0 Å². The average Bonchev–Trinajstić information content (AvgIpc) is 2.87. The number of likely N-dealkylation sites (N-methyl/N-ethyl adjacent to an activating group) is 1. The monoisotopic (exact) mass is 268 g/mol. The highest BCUT2D eigenvalue weighted by molar-refractivity contribution is 6.09. The zero-order valence-electron chi connectivity index (χ0n) is 11.5. The summed E-state index contributed by atoms with van der Waals surface area (Å²) in [6.45, 7) is 2.09. The number of nitrogens with zero attached hydrogens (tertiary/aromatic N) is 1. The lowest BCUT2D eigenvalue weighted by Crippen LogP contribution is -2.43. The standard InChI is InChI=1S/C16H16N2O2/c1-8-7-10-13(16(20)17-15(10)19)14-12(8)9-5-3-4-6-11(9)18(14)2/h3-6,10,13-14H,7H2,1-2H3,(H,17,19,20). The third-order valence-electron chi connectivity index (χ3n) is 4.93. The van der Waals surface area contributed by atoms with Gasteiger partial charge in [0.1, 0.15) is 0 Å². The SMILES string of the molecule is CC1=C2c3ccccc3N(C)C2C2C(=O)NC(=O)C2C1. The van der Waals surface area contributed by atoms with Gasteiger partial charge in [-0.05, 0) is 25.0 Å². The van der Waals surface area contributed by atoms with E-state index in [0.29, 0.717) is 6.42 Å². The molecular formula is C16H16N2O2.